The maximum absolute atomic E-state index is 13.9. The maximum Gasteiger partial charge on any atom is 0.325 e. The summed E-state index contributed by atoms with van der Waals surface area (Å²) in [6.45, 7) is 6.67. The number of rotatable bonds is 2. The van der Waals surface area contributed by atoms with Crippen molar-refractivity contribution in [3.8, 4) is 0 Å². The standard InChI is InChI=1S/C17H20F2N2O3/c1-15(2)9-17(16(3,4)24-15)13(22)21(14(23)20-17)8-10-11(18)6-5-7-12(10)19/h5-7H,8-9H2,1-4H3,(H,20,23). The highest BCUT2D eigenvalue weighted by atomic mass is 19.1. The molecule has 2 fully saturated rings. The van der Waals surface area contributed by atoms with E-state index < -0.39 is 46.9 Å². The van der Waals surface area contributed by atoms with Gasteiger partial charge in [-0.2, -0.15) is 0 Å². The van der Waals surface area contributed by atoms with Crippen molar-refractivity contribution in [2.75, 3.05) is 0 Å². The van der Waals surface area contributed by atoms with Gasteiger partial charge >= 0.3 is 6.03 Å². The van der Waals surface area contributed by atoms with E-state index in [9.17, 15) is 18.4 Å². The average Bonchev–Trinajstić information content (AvgIpc) is 2.76. The van der Waals surface area contributed by atoms with Crippen LogP contribution in [-0.4, -0.2) is 33.6 Å². The summed E-state index contributed by atoms with van der Waals surface area (Å²) >= 11 is 0. The van der Waals surface area contributed by atoms with Crippen LogP contribution in [0.5, 0.6) is 0 Å². The first-order valence-electron chi connectivity index (χ1n) is 7.76. The van der Waals surface area contributed by atoms with Gasteiger partial charge in [0.1, 0.15) is 11.6 Å². The van der Waals surface area contributed by atoms with Crippen molar-refractivity contribution in [1.82, 2.24) is 10.2 Å². The van der Waals surface area contributed by atoms with Crippen LogP contribution in [0.15, 0.2) is 18.2 Å². The van der Waals surface area contributed by atoms with Gasteiger partial charge in [-0.15, -0.1) is 0 Å². The van der Waals surface area contributed by atoms with Crippen LogP contribution in [0.1, 0.15) is 39.7 Å². The summed E-state index contributed by atoms with van der Waals surface area (Å²) in [4.78, 5) is 26.2. The molecule has 2 aliphatic heterocycles. The number of nitrogens with one attached hydrogen (secondary N) is 1. The lowest BCUT2D eigenvalue weighted by atomic mass is 9.79. The SMILES string of the molecule is CC1(C)CC2(NC(=O)N(Cc3c(F)cccc3F)C2=O)C(C)(C)O1. The van der Waals surface area contributed by atoms with Crippen LogP contribution < -0.4 is 5.32 Å². The van der Waals surface area contributed by atoms with Crippen molar-refractivity contribution in [2.45, 2.75) is 57.4 Å². The van der Waals surface area contributed by atoms with Gasteiger partial charge in [-0.25, -0.2) is 13.6 Å². The van der Waals surface area contributed by atoms with Gasteiger partial charge in [-0.1, -0.05) is 6.07 Å². The Balaban J connectivity index is 1.96. The number of urea groups is 1. The molecular formula is C17H20F2N2O3. The minimum atomic E-state index is -1.24. The van der Waals surface area contributed by atoms with E-state index in [4.69, 9.17) is 4.74 Å². The van der Waals surface area contributed by atoms with Crippen molar-refractivity contribution in [2.24, 2.45) is 0 Å². The molecular weight excluding hydrogens is 318 g/mol. The van der Waals surface area contributed by atoms with Gasteiger partial charge in [-0.05, 0) is 39.8 Å². The lowest BCUT2D eigenvalue weighted by molar-refractivity contribution is -0.138. The Labute approximate surface area is 139 Å². The Hall–Kier alpha value is -2.02. The number of imide groups is 1. The third-order valence-electron chi connectivity index (χ3n) is 4.80. The molecule has 1 aromatic carbocycles. The Bertz CT molecular complexity index is 712. The van der Waals surface area contributed by atoms with Gasteiger partial charge < -0.3 is 10.1 Å². The van der Waals surface area contributed by atoms with Crippen molar-refractivity contribution in [3.63, 3.8) is 0 Å². The highest BCUT2D eigenvalue weighted by molar-refractivity contribution is 6.08. The van der Waals surface area contributed by atoms with Gasteiger partial charge in [0.2, 0.25) is 0 Å². The molecule has 3 amide bonds. The zero-order valence-corrected chi connectivity index (χ0v) is 14.1. The van der Waals surface area contributed by atoms with Crippen LogP contribution in [0.2, 0.25) is 0 Å². The molecule has 7 heteroatoms. The lowest BCUT2D eigenvalue weighted by Gasteiger charge is -2.33. The van der Waals surface area contributed by atoms with Crippen LogP contribution in [0, 0.1) is 11.6 Å². The number of nitrogens with zero attached hydrogens (tertiary/aromatic N) is 1. The number of hydrogen-bond acceptors (Lipinski definition) is 3. The van der Waals surface area contributed by atoms with E-state index in [1.54, 1.807) is 13.8 Å². The van der Waals surface area contributed by atoms with E-state index in [-0.39, 0.29) is 12.0 Å². The minimum Gasteiger partial charge on any atom is -0.367 e. The van der Waals surface area contributed by atoms with Crippen LogP contribution in [0.4, 0.5) is 13.6 Å². The van der Waals surface area contributed by atoms with Crippen LogP contribution in [0.3, 0.4) is 0 Å². The van der Waals surface area contributed by atoms with E-state index >= 15 is 0 Å². The number of ether oxygens (including phenoxy) is 1. The summed E-state index contributed by atoms with van der Waals surface area (Å²) in [5.41, 5.74) is -3.10. The van der Waals surface area contributed by atoms with Crippen LogP contribution >= 0.6 is 0 Å². The van der Waals surface area contributed by atoms with Crippen LogP contribution in [-0.2, 0) is 16.1 Å². The molecule has 2 heterocycles. The maximum atomic E-state index is 13.9. The summed E-state index contributed by atoms with van der Waals surface area (Å²) in [6.07, 6.45) is 0.286. The highest BCUT2D eigenvalue weighted by Gasteiger charge is 2.67. The minimum absolute atomic E-state index is 0.286. The first kappa shape index (κ1) is 16.8. The number of carbonyl (C=O) groups excluding carboxylic acids is 2. The average molecular weight is 338 g/mol. The van der Waals surface area contributed by atoms with E-state index in [1.165, 1.54) is 6.07 Å². The smallest absolute Gasteiger partial charge is 0.325 e. The molecule has 0 aliphatic carbocycles. The summed E-state index contributed by atoms with van der Waals surface area (Å²) in [7, 11) is 0. The third-order valence-corrected chi connectivity index (χ3v) is 4.80. The molecule has 3 rings (SSSR count). The fraction of sp³-hybridized carbons (Fsp3) is 0.529. The van der Waals surface area contributed by atoms with Crippen molar-refractivity contribution >= 4 is 11.9 Å². The van der Waals surface area contributed by atoms with E-state index in [0.29, 0.717) is 0 Å². The molecule has 2 saturated heterocycles. The molecule has 1 atom stereocenters. The predicted molar refractivity (Wildman–Crippen MR) is 82.0 cm³/mol. The monoisotopic (exact) mass is 338 g/mol. The number of carbonyl (C=O) groups is 2. The number of hydrogen-bond donors (Lipinski definition) is 1. The molecule has 1 spiro atoms. The lowest BCUT2D eigenvalue weighted by Crippen LogP contribution is -2.59. The first-order valence-corrected chi connectivity index (χ1v) is 7.76. The second-order valence-electron chi connectivity index (χ2n) is 7.48. The van der Waals surface area contributed by atoms with Crippen molar-refractivity contribution in [1.29, 1.82) is 0 Å². The normalized spacial score (nSPS) is 27.8. The Morgan fingerprint density at radius 1 is 1.17 bits per heavy atom. The summed E-state index contributed by atoms with van der Waals surface area (Å²) in [6, 6.07) is 2.76. The van der Waals surface area contributed by atoms with E-state index in [2.05, 4.69) is 5.32 Å². The Morgan fingerprint density at radius 2 is 1.75 bits per heavy atom. The number of amides is 3. The molecule has 130 valence electrons. The molecule has 0 bridgehead atoms. The molecule has 2 aliphatic rings. The number of benzene rings is 1. The fourth-order valence-electron chi connectivity index (χ4n) is 3.80. The molecule has 1 unspecified atom stereocenters. The molecule has 0 radical (unpaired) electrons. The van der Waals surface area contributed by atoms with Gasteiger partial charge in [0.25, 0.3) is 5.91 Å². The van der Waals surface area contributed by atoms with Crippen molar-refractivity contribution < 1.29 is 23.1 Å². The summed E-state index contributed by atoms with van der Waals surface area (Å²) < 4.78 is 33.7. The second-order valence-corrected chi connectivity index (χ2v) is 7.48. The van der Waals surface area contributed by atoms with Crippen LogP contribution in [0.25, 0.3) is 0 Å². The molecule has 0 saturated carbocycles. The summed E-state index contributed by atoms with van der Waals surface area (Å²) in [5, 5.41) is 2.70. The second kappa shape index (κ2) is 4.99. The molecule has 5 nitrogen and oxygen atoms in total. The summed E-state index contributed by atoms with van der Waals surface area (Å²) in [5.74, 6) is -2.11. The zero-order chi connectivity index (χ0) is 17.9. The Morgan fingerprint density at radius 3 is 2.25 bits per heavy atom. The molecule has 0 aromatic heterocycles. The zero-order valence-electron chi connectivity index (χ0n) is 14.1. The molecule has 1 N–H and O–H groups in total. The molecule has 1 aromatic rings. The van der Waals surface area contributed by atoms with Crippen molar-refractivity contribution in [3.05, 3.63) is 35.4 Å². The van der Waals surface area contributed by atoms with Gasteiger partial charge in [0, 0.05) is 12.0 Å². The molecule has 24 heavy (non-hydrogen) atoms. The highest BCUT2D eigenvalue weighted by Crippen LogP contribution is 2.48. The van der Waals surface area contributed by atoms with Gasteiger partial charge in [-0.3, -0.25) is 9.69 Å². The first-order chi connectivity index (χ1) is 11.0. The van der Waals surface area contributed by atoms with E-state index in [1.807, 2.05) is 13.8 Å². The topological polar surface area (TPSA) is 58.6 Å². The van der Waals surface area contributed by atoms with E-state index in [0.717, 1.165) is 17.0 Å². The quantitative estimate of drug-likeness (QED) is 0.844. The Kier molecular flexibility index (Phi) is 3.50. The predicted octanol–water partition coefficient (Wildman–Crippen LogP) is 2.73. The third kappa shape index (κ3) is 2.30. The largest absolute Gasteiger partial charge is 0.367 e. The fourth-order valence-corrected chi connectivity index (χ4v) is 3.80. The van der Waals surface area contributed by atoms with Gasteiger partial charge in [0.05, 0.1) is 17.7 Å². The number of halogens is 2. The van der Waals surface area contributed by atoms with Gasteiger partial charge in [0.15, 0.2) is 5.54 Å².